The Labute approximate surface area is 139 Å². The molecule has 0 bridgehead atoms. The predicted molar refractivity (Wildman–Crippen MR) is 93.6 cm³/mol. The fraction of sp³-hybridized carbons (Fsp3) is 0.167. The van der Waals surface area contributed by atoms with Crippen LogP contribution >= 0.6 is 11.6 Å². The highest BCUT2D eigenvalue weighted by molar-refractivity contribution is 6.32. The van der Waals surface area contributed by atoms with Crippen LogP contribution in [0.5, 0.6) is 11.5 Å². The molecular formula is C18H16ClN2O2. The van der Waals surface area contributed by atoms with Gasteiger partial charge in [-0.25, -0.2) is 0 Å². The summed E-state index contributed by atoms with van der Waals surface area (Å²) in [6.07, 6.45) is 1.68. The van der Waals surface area contributed by atoms with Gasteiger partial charge in [-0.15, -0.1) is 0 Å². The van der Waals surface area contributed by atoms with Crippen LogP contribution in [0, 0.1) is 6.07 Å². The number of aromatic hydroxyl groups is 1. The number of ether oxygens (including phenoxy) is 1. The van der Waals surface area contributed by atoms with Crippen molar-refractivity contribution in [3.05, 3.63) is 47.6 Å². The molecule has 0 unspecified atom stereocenters. The Bertz CT molecular complexity index is 878. The number of aromatic nitrogens is 1. The maximum absolute atomic E-state index is 9.88. The fourth-order valence-electron chi connectivity index (χ4n) is 2.52. The highest BCUT2D eigenvalue weighted by Crippen LogP contribution is 2.39. The highest BCUT2D eigenvalue weighted by atomic mass is 35.5. The molecule has 0 saturated carbocycles. The zero-order chi connectivity index (χ0) is 16.6. The van der Waals surface area contributed by atoms with E-state index in [0.717, 1.165) is 27.7 Å². The minimum atomic E-state index is -0.0531. The Morgan fingerprint density at radius 1 is 1.17 bits per heavy atom. The molecule has 0 atom stereocenters. The van der Waals surface area contributed by atoms with Crippen molar-refractivity contribution in [2.45, 2.75) is 0 Å². The van der Waals surface area contributed by atoms with E-state index in [1.807, 2.05) is 37.2 Å². The van der Waals surface area contributed by atoms with Crippen LogP contribution in [0.1, 0.15) is 0 Å². The van der Waals surface area contributed by atoms with Crippen LogP contribution in [0.3, 0.4) is 0 Å². The lowest BCUT2D eigenvalue weighted by Gasteiger charge is -2.15. The van der Waals surface area contributed by atoms with E-state index in [-0.39, 0.29) is 10.8 Å². The Balaban J connectivity index is 2.21. The van der Waals surface area contributed by atoms with Crippen molar-refractivity contribution >= 4 is 28.2 Å². The Hall–Kier alpha value is -2.46. The van der Waals surface area contributed by atoms with Gasteiger partial charge in [0.05, 0.1) is 23.3 Å². The molecule has 3 rings (SSSR count). The molecule has 5 heteroatoms. The molecule has 4 nitrogen and oxygen atoms in total. The Kier molecular flexibility index (Phi) is 4.01. The summed E-state index contributed by atoms with van der Waals surface area (Å²) in [6.45, 7) is 0. The van der Waals surface area contributed by atoms with Crippen LogP contribution in [0.4, 0.5) is 5.69 Å². The average Bonchev–Trinajstić information content (AvgIpc) is 2.56. The molecule has 23 heavy (non-hydrogen) atoms. The van der Waals surface area contributed by atoms with E-state index < -0.39 is 0 Å². The quantitative estimate of drug-likeness (QED) is 0.785. The van der Waals surface area contributed by atoms with E-state index in [1.165, 1.54) is 7.11 Å². The zero-order valence-electron chi connectivity index (χ0n) is 13.1. The number of fused-ring (bicyclic) bond motifs is 1. The van der Waals surface area contributed by atoms with Gasteiger partial charge in [-0.05, 0) is 35.4 Å². The van der Waals surface area contributed by atoms with Crippen molar-refractivity contribution in [2.24, 2.45) is 0 Å². The largest absolute Gasteiger partial charge is 0.503 e. The van der Waals surface area contributed by atoms with Crippen molar-refractivity contribution in [1.82, 2.24) is 4.98 Å². The summed E-state index contributed by atoms with van der Waals surface area (Å²) in [5.74, 6) is 0.292. The molecule has 0 spiro atoms. The summed E-state index contributed by atoms with van der Waals surface area (Å²) >= 11 is 6.09. The van der Waals surface area contributed by atoms with Gasteiger partial charge in [-0.2, -0.15) is 0 Å². The van der Waals surface area contributed by atoms with E-state index in [0.29, 0.717) is 5.75 Å². The number of rotatable bonds is 3. The number of halogens is 1. The molecule has 0 aliphatic heterocycles. The molecule has 2 aromatic carbocycles. The summed E-state index contributed by atoms with van der Waals surface area (Å²) < 4.78 is 5.18. The van der Waals surface area contributed by atoms with Crippen LogP contribution < -0.4 is 9.64 Å². The van der Waals surface area contributed by atoms with Crippen molar-refractivity contribution in [1.29, 1.82) is 0 Å². The van der Waals surface area contributed by atoms with Gasteiger partial charge < -0.3 is 14.7 Å². The van der Waals surface area contributed by atoms with Crippen LogP contribution in [0.25, 0.3) is 22.0 Å². The van der Waals surface area contributed by atoms with Gasteiger partial charge in [0.25, 0.3) is 0 Å². The van der Waals surface area contributed by atoms with Crippen molar-refractivity contribution in [3.63, 3.8) is 0 Å². The lowest BCUT2D eigenvalue weighted by molar-refractivity contribution is 0.374. The maximum Gasteiger partial charge on any atom is 0.176 e. The minimum absolute atomic E-state index is 0.0531. The maximum atomic E-state index is 9.88. The number of phenolic OH excluding ortho intramolecular Hbond substituents is 1. The number of anilines is 1. The predicted octanol–water partition coefficient (Wildman–Crippen LogP) is 4.14. The van der Waals surface area contributed by atoms with Crippen molar-refractivity contribution < 1.29 is 9.84 Å². The smallest absolute Gasteiger partial charge is 0.176 e. The van der Waals surface area contributed by atoms with Crippen LogP contribution in [-0.2, 0) is 0 Å². The first-order valence-corrected chi connectivity index (χ1v) is 7.43. The van der Waals surface area contributed by atoms with Crippen LogP contribution in [0.15, 0.2) is 36.5 Å². The van der Waals surface area contributed by atoms with Gasteiger partial charge >= 0.3 is 0 Å². The van der Waals surface area contributed by atoms with Gasteiger partial charge in [0.1, 0.15) is 0 Å². The second kappa shape index (κ2) is 5.97. The normalized spacial score (nSPS) is 10.8. The first kappa shape index (κ1) is 15.4. The standard InChI is InChI=1S/C18H16ClN2O2/c1-21(2)16-6-7-20-15-5-4-11(8-13(15)16)12-9-14(19)18(22)17(10-12)23-3/h4-5,7-10,22H,1-3H3. The van der Waals surface area contributed by atoms with Gasteiger partial charge in [0.2, 0.25) is 0 Å². The molecule has 1 aromatic heterocycles. The SMILES string of the molecule is COc1cc(-c2ccc3nc[c]c(N(C)C)c3c2)cc(Cl)c1O. The molecule has 3 aromatic rings. The first-order chi connectivity index (χ1) is 11.0. The molecular weight excluding hydrogens is 312 g/mol. The molecule has 1 N–H and O–H groups in total. The number of hydrogen-bond donors (Lipinski definition) is 1. The van der Waals surface area contributed by atoms with Gasteiger partial charge in [-0.3, -0.25) is 4.98 Å². The number of nitrogens with zero attached hydrogens (tertiary/aromatic N) is 2. The molecule has 1 radical (unpaired) electrons. The minimum Gasteiger partial charge on any atom is -0.503 e. The molecule has 1 heterocycles. The second-order valence-electron chi connectivity index (χ2n) is 5.39. The Morgan fingerprint density at radius 2 is 1.96 bits per heavy atom. The zero-order valence-corrected chi connectivity index (χ0v) is 13.8. The summed E-state index contributed by atoms with van der Waals surface area (Å²) in [7, 11) is 5.44. The lowest BCUT2D eigenvalue weighted by Crippen LogP contribution is -2.09. The Morgan fingerprint density at radius 3 is 2.65 bits per heavy atom. The molecule has 0 saturated heterocycles. The van der Waals surface area contributed by atoms with Crippen LogP contribution in [-0.4, -0.2) is 31.3 Å². The summed E-state index contributed by atoms with van der Waals surface area (Å²) in [5.41, 5.74) is 3.68. The van der Waals surface area contributed by atoms with E-state index >= 15 is 0 Å². The number of pyridine rings is 1. The third-order valence-corrected chi connectivity index (χ3v) is 3.97. The third kappa shape index (κ3) is 2.78. The number of phenols is 1. The van der Waals surface area contributed by atoms with Gasteiger partial charge in [0.15, 0.2) is 11.5 Å². The number of methoxy groups -OCH3 is 1. The van der Waals surface area contributed by atoms with Crippen LogP contribution in [0.2, 0.25) is 5.02 Å². The van der Waals surface area contributed by atoms with Crippen molar-refractivity contribution in [3.8, 4) is 22.6 Å². The fourth-order valence-corrected chi connectivity index (χ4v) is 2.74. The molecule has 0 aliphatic carbocycles. The first-order valence-electron chi connectivity index (χ1n) is 7.06. The summed E-state index contributed by atoms with van der Waals surface area (Å²) in [6, 6.07) is 12.6. The van der Waals surface area contributed by atoms with Gasteiger partial charge in [-0.1, -0.05) is 17.7 Å². The summed E-state index contributed by atoms with van der Waals surface area (Å²) in [4.78, 5) is 6.35. The molecule has 0 fully saturated rings. The molecule has 0 aliphatic rings. The second-order valence-corrected chi connectivity index (χ2v) is 5.79. The number of benzene rings is 2. The van der Waals surface area contributed by atoms with Gasteiger partial charge in [0, 0.05) is 31.7 Å². The highest BCUT2D eigenvalue weighted by Gasteiger charge is 2.12. The van der Waals surface area contributed by atoms with Crippen molar-refractivity contribution in [2.75, 3.05) is 26.1 Å². The van der Waals surface area contributed by atoms with E-state index in [1.54, 1.807) is 18.3 Å². The van der Waals surface area contributed by atoms with E-state index in [4.69, 9.17) is 16.3 Å². The van der Waals surface area contributed by atoms with E-state index in [9.17, 15) is 5.11 Å². The topological polar surface area (TPSA) is 45.6 Å². The number of hydrogen-bond acceptors (Lipinski definition) is 4. The average molecular weight is 328 g/mol. The molecule has 117 valence electrons. The summed E-state index contributed by atoms with van der Waals surface area (Å²) in [5, 5.41) is 11.1. The monoisotopic (exact) mass is 327 g/mol. The lowest BCUT2D eigenvalue weighted by atomic mass is 10.0. The molecule has 0 amide bonds. The third-order valence-electron chi connectivity index (χ3n) is 3.69. The van der Waals surface area contributed by atoms with E-state index in [2.05, 4.69) is 11.1 Å².